The van der Waals surface area contributed by atoms with Gasteiger partial charge >= 0.3 is 0 Å². The maximum Gasteiger partial charge on any atom is 0.197 e. The normalized spacial score (nSPS) is 12.8. The van der Waals surface area contributed by atoms with Gasteiger partial charge in [-0.05, 0) is 61.4 Å². The van der Waals surface area contributed by atoms with Crippen molar-refractivity contribution in [2.75, 3.05) is 13.2 Å². The van der Waals surface area contributed by atoms with E-state index in [-0.39, 0.29) is 11.6 Å². The molecule has 268 valence electrons. The molecule has 5 rings (SSSR count). The zero-order valence-electron chi connectivity index (χ0n) is 30.7. The highest BCUT2D eigenvalue weighted by atomic mass is 16.5. The fraction of sp³-hybridized carbons (Fsp3) is 0.545. The first-order valence-corrected chi connectivity index (χ1v) is 19.8. The summed E-state index contributed by atoms with van der Waals surface area (Å²) in [4.78, 5) is 36.9. The topological polar surface area (TPSA) is 77.3 Å². The lowest BCUT2D eigenvalue weighted by molar-refractivity contribution is 0.102. The highest BCUT2D eigenvalue weighted by Crippen LogP contribution is 2.31. The number of ketones is 2. The quantitative estimate of drug-likeness (QED) is 0.0609. The van der Waals surface area contributed by atoms with Crippen molar-refractivity contribution < 1.29 is 19.1 Å². The smallest absolute Gasteiger partial charge is 0.197 e. The third-order valence-electron chi connectivity index (χ3n) is 10.0. The number of benzene rings is 3. The summed E-state index contributed by atoms with van der Waals surface area (Å²) >= 11 is 0. The van der Waals surface area contributed by atoms with Crippen LogP contribution >= 0.6 is 0 Å². The predicted molar refractivity (Wildman–Crippen MR) is 203 cm³/mol. The van der Waals surface area contributed by atoms with Crippen LogP contribution in [0, 0.1) is 0 Å². The van der Waals surface area contributed by atoms with Gasteiger partial charge in [-0.2, -0.15) is 0 Å². The highest BCUT2D eigenvalue weighted by molar-refractivity contribution is 6.16. The standard InChI is InChI=1S/C44H58N2O4/c1-3-5-7-9-11-13-15-17-19-21-27-49-33-23-25-39-35(29-33)43(47)37-31-42-38(32-41(37)45-39)44(48)36-30-34(24-26-40(36)46-42)50-28-22-20-18-16-14-12-10-8-6-4-2/h23-26,29-32H,3-22,27-28H2,1-2H3. The minimum absolute atomic E-state index is 0.124. The molecule has 0 aromatic heterocycles. The van der Waals surface area contributed by atoms with Crippen LogP contribution in [0.1, 0.15) is 174 Å². The molecule has 0 amide bonds. The Balaban J connectivity index is 1.11. The summed E-state index contributed by atoms with van der Waals surface area (Å²) in [5.41, 5.74) is 3.14. The summed E-state index contributed by atoms with van der Waals surface area (Å²) in [5, 5.41) is 1.00. The van der Waals surface area contributed by atoms with Crippen LogP contribution < -0.4 is 20.2 Å². The number of rotatable bonds is 24. The Morgan fingerprint density at radius 3 is 1.12 bits per heavy atom. The van der Waals surface area contributed by atoms with Crippen molar-refractivity contribution in [1.82, 2.24) is 0 Å². The van der Waals surface area contributed by atoms with Gasteiger partial charge in [-0.15, -0.1) is 0 Å². The van der Waals surface area contributed by atoms with Crippen molar-refractivity contribution >= 4 is 22.9 Å². The predicted octanol–water partition coefficient (Wildman–Crippen LogP) is 11.3. The first-order valence-electron chi connectivity index (χ1n) is 19.8. The van der Waals surface area contributed by atoms with E-state index in [9.17, 15) is 9.59 Å². The molecule has 6 heteroatoms. The van der Waals surface area contributed by atoms with Crippen molar-refractivity contribution in [3.63, 3.8) is 0 Å². The van der Waals surface area contributed by atoms with Gasteiger partial charge in [-0.25, -0.2) is 9.98 Å². The van der Waals surface area contributed by atoms with Crippen molar-refractivity contribution in [3.05, 3.63) is 81.5 Å². The largest absolute Gasteiger partial charge is 0.494 e. The lowest BCUT2D eigenvalue weighted by Crippen LogP contribution is -2.30. The van der Waals surface area contributed by atoms with Crippen molar-refractivity contribution in [2.45, 2.75) is 142 Å². The van der Waals surface area contributed by atoms with Gasteiger partial charge in [0.15, 0.2) is 11.6 Å². The Morgan fingerprint density at radius 1 is 0.420 bits per heavy atom. The number of carbonyl (C=O) groups excluding carboxylic acids is 2. The molecule has 0 radical (unpaired) electrons. The molecule has 50 heavy (non-hydrogen) atoms. The molecule has 3 aromatic rings. The average molecular weight is 679 g/mol. The second-order valence-electron chi connectivity index (χ2n) is 14.2. The van der Waals surface area contributed by atoms with Crippen molar-refractivity contribution in [3.8, 4) is 11.5 Å². The molecule has 0 bridgehead atoms. The van der Waals surface area contributed by atoms with Crippen LogP contribution in [0.4, 0.5) is 11.4 Å². The average Bonchev–Trinajstić information content (AvgIpc) is 3.13. The summed E-state index contributed by atoms with van der Waals surface area (Å²) in [6.07, 6.45) is 25.5. The van der Waals surface area contributed by atoms with Crippen molar-refractivity contribution in [1.29, 1.82) is 0 Å². The van der Waals surface area contributed by atoms with Gasteiger partial charge < -0.3 is 9.47 Å². The molecule has 0 saturated carbocycles. The van der Waals surface area contributed by atoms with Gasteiger partial charge in [0, 0.05) is 0 Å². The van der Waals surface area contributed by atoms with Crippen LogP contribution in [0.5, 0.6) is 11.5 Å². The summed E-state index contributed by atoms with van der Waals surface area (Å²) in [7, 11) is 0. The molecule has 0 aliphatic carbocycles. The lowest BCUT2D eigenvalue weighted by Gasteiger charge is -2.17. The Kier molecular flexibility index (Phi) is 15.1. The van der Waals surface area contributed by atoms with E-state index in [1.807, 2.05) is 24.3 Å². The minimum Gasteiger partial charge on any atom is -0.494 e. The molecule has 0 N–H and O–H groups in total. The number of hydrogen-bond donors (Lipinski definition) is 0. The van der Waals surface area contributed by atoms with Crippen LogP contribution in [0.3, 0.4) is 0 Å². The Labute approximate surface area is 299 Å². The van der Waals surface area contributed by atoms with E-state index >= 15 is 0 Å². The highest BCUT2D eigenvalue weighted by Gasteiger charge is 2.26. The maximum absolute atomic E-state index is 13.7. The number of carbonyl (C=O) groups is 2. The molecule has 0 saturated heterocycles. The molecule has 2 heterocycles. The minimum atomic E-state index is -0.124. The third kappa shape index (κ3) is 10.6. The van der Waals surface area contributed by atoms with Crippen LogP contribution in [0.15, 0.2) is 58.5 Å². The number of fused-ring (bicyclic) bond motifs is 4. The Bertz CT molecular complexity index is 1570. The number of unbranched alkanes of at least 4 members (excludes halogenated alkanes) is 18. The zero-order chi connectivity index (χ0) is 35.0. The van der Waals surface area contributed by atoms with E-state index in [4.69, 9.17) is 19.5 Å². The van der Waals surface area contributed by atoms with Gasteiger partial charge in [-0.1, -0.05) is 129 Å². The zero-order valence-corrected chi connectivity index (χ0v) is 30.7. The van der Waals surface area contributed by atoms with Crippen LogP contribution in [-0.2, 0) is 0 Å². The molecule has 0 atom stereocenters. The fourth-order valence-electron chi connectivity index (χ4n) is 7.00. The van der Waals surface area contributed by atoms with E-state index in [2.05, 4.69) is 13.8 Å². The second-order valence-corrected chi connectivity index (χ2v) is 14.2. The summed E-state index contributed by atoms with van der Waals surface area (Å²) in [6, 6.07) is 14.5. The molecule has 0 spiro atoms. The van der Waals surface area contributed by atoms with E-state index in [0.717, 1.165) is 25.7 Å². The number of hydrogen-bond acceptors (Lipinski definition) is 6. The van der Waals surface area contributed by atoms with Gasteiger partial charge in [0.05, 0.1) is 57.6 Å². The third-order valence-corrected chi connectivity index (χ3v) is 10.0. The molecule has 2 aliphatic rings. The summed E-state index contributed by atoms with van der Waals surface area (Å²) in [5.74, 6) is 1.12. The van der Waals surface area contributed by atoms with Crippen LogP contribution in [0.25, 0.3) is 0 Å². The molecule has 3 aromatic carbocycles. The number of ether oxygens (including phenoxy) is 2. The van der Waals surface area contributed by atoms with Gasteiger partial charge in [0.25, 0.3) is 0 Å². The maximum atomic E-state index is 13.7. The molecule has 0 unspecified atom stereocenters. The van der Waals surface area contributed by atoms with E-state index < -0.39 is 0 Å². The Hall–Kier alpha value is -3.80. The Morgan fingerprint density at radius 2 is 0.760 bits per heavy atom. The SMILES string of the molecule is CCCCCCCCCCCCOc1ccc2c(c1)C(=O)c1cc3c(cc1=N2)C(=O)c1cc(OCCCCCCCCCCCC)ccc1N=3. The first-order chi connectivity index (χ1) is 24.6. The molecule has 0 fully saturated rings. The van der Waals surface area contributed by atoms with Crippen LogP contribution in [-0.4, -0.2) is 24.8 Å². The second kappa shape index (κ2) is 20.1. The molecular formula is C44H58N2O4. The van der Waals surface area contributed by atoms with E-state index in [0.29, 0.717) is 69.1 Å². The number of nitrogens with zero attached hydrogens (tertiary/aromatic N) is 2. The van der Waals surface area contributed by atoms with Crippen molar-refractivity contribution in [2.24, 2.45) is 9.98 Å². The van der Waals surface area contributed by atoms with Gasteiger partial charge in [-0.3, -0.25) is 9.59 Å². The van der Waals surface area contributed by atoms with E-state index in [1.54, 1.807) is 24.3 Å². The van der Waals surface area contributed by atoms with E-state index in [1.165, 1.54) is 103 Å². The monoisotopic (exact) mass is 678 g/mol. The van der Waals surface area contributed by atoms with Gasteiger partial charge in [0.1, 0.15) is 11.5 Å². The molecular weight excluding hydrogens is 620 g/mol. The first kappa shape index (κ1) is 37.5. The molecule has 2 aliphatic heterocycles. The molecule has 6 nitrogen and oxygen atoms in total. The fourth-order valence-corrected chi connectivity index (χ4v) is 7.00. The van der Waals surface area contributed by atoms with Crippen LogP contribution in [0.2, 0.25) is 0 Å². The summed E-state index contributed by atoms with van der Waals surface area (Å²) in [6.45, 7) is 5.79. The van der Waals surface area contributed by atoms with Gasteiger partial charge in [0.2, 0.25) is 0 Å². The summed E-state index contributed by atoms with van der Waals surface area (Å²) < 4.78 is 12.1. The lowest BCUT2D eigenvalue weighted by atomic mass is 9.92.